The van der Waals surface area contributed by atoms with Crippen molar-refractivity contribution < 1.29 is 9.84 Å². The van der Waals surface area contributed by atoms with Gasteiger partial charge in [-0.15, -0.1) is 0 Å². The Labute approximate surface area is 172 Å². The Balaban J connectivity index is 1.61. The zero-order valence-electron chi connectivity index (χ0n) is 17.2. The average molecular weight is 389 g/mol. The van der Waals surface area contributed by atoms with Gasteiger partial charge in [0.25, 0.3) is 0 Å². The molecule has 1 aliphatic heterocycles. The van der Waals surface area contributed by atoms with E-state index in [-0.39, 0.29) is 6.04 Å². The summed E-state index contributed by atoms with van der Waals surface area (Å²) >= 11 is 0. The molecule has 2 aliphatic rings. The number of aliphatic hydroxyl groups is 1. The van der Waals surface area contributed by atoms with E-state index in [0.29, 0.717) is 13.2 Å². The maximum atomic E-state index is 10.3. The lowest BCUT2D eigenvalue weighted by Crippen LogP contribution is -2.40. The quantitative estimate of drug-likeness (QED) is 0.737. The fraction of sp³-hybridized carbons (Fsp3) is 0.400. The van der Waals surface area contributed by atoms with Gasteiger partial charge in [-0.1, -0.05) is 23.8 Å². The third-order valence-electron chi connectivity index (χ3n) is 6.41. The van der Waals surface area contributed by atoms with Crippen molar-refractivity contribution in [2.24, 2.45) is 0 Å². The van der Waals surface area contributed by atoms with Crippen LogP contribution in [0.15, 0.2) is 42.5 Å². The number of nitrogens with zero attached hydrogens (tertiary/aromatic N) is 2. The Morgan fingerprint density at radius 1 is 1.10 bits per heavy atom. The molecule has 4 nitrogen and oxygen atoms in total. The summed E-state index contributed by atoms with van der Waals surface area (Å²) in [5, 5.41) is 11.5. The van der Waals surface area contributed by atoms with Gasteiger partial charge in [0.2, 0.25) is 0 Å². The molecular formula is C25H28N2O2. The highest BCUT2D eigenvalue weighted by atomic mass is 16.5. The summed E-state index contributed by atoms with van der Waals surface area (Å²) in [5.74, 6) is 0. The fourth-order valence-corrected chi connectivity index (χ4v) is 4.79. The number of aryl methyl sites for hydroxylation is 3. The van der Waals surface area contributed by atoms with Crippen molar-refractivity contribution in [3.63, 3.8) is 0 Å². The highest BCUT2D eigenvalue weighted by Crippen LogP contribution is 2.32. The Morgan fingerprint density at radius 3 is 2.69 bits per heavy atom. The topological polar surface area (TPSA) is 45.6 Å². The lowest BCUT2D eigenvalue weighted by molar-refractivity contribution is 0.0926. The first-order valence-corrected chi connectivity index (χ1v) is 10.6. The Morgan fingerprint density at radius 2 is 1.93 bits per heavy atom. The van der Waals surface area contributed by atoms with Gasteiger partial charge in [0.15, 0.2) is 0 Å². The van der Waals surface area contributed by atoms with Gasteiger partial charge in [-0.3, -0.25) is 4.90 Å². The third kappa shape index (κ3) is 3.57. The van der Waals surface area contributed by atoms with Crippen molar-refractivity contribution in [2.45, 2.75) is 44.9 Å². The summed E-state index contributed by atoms with van der Waals surface area (Å²) in [7, 11) is 2.06. The molecule has 1 aromatic heterocycles. The smallest absolute Gasteiger partial charge is 0.0950 e. The van der Waals surface area contributed by atoms with E-state index in [1.165, 1.54) is 40.5 Å². The maximum absolute atomic E-state index is 10.3. The summed E-state index contributed by atoms with van der Waals surface area (Å²) in [6.07, 6.45) is 3.15. The standard InChI is InChI=1S/C25H28N2O2/c1-16-5-3-8-19(9-16)25-21(13-27(2)23-14-29-15-24(23)28)11-20-10-17-6-4-7-18(17)12-22(20)26-25/h3,5,8-12,23-24,28H,4,6-7,13-15H2,1-2H3/t23-,24-/m1/s1. The van der Waals surface area contributed by atoms with E-state index in [1.54, 1.807) is 0 Å². The summed E-state index contributed by atoms with van der Waals surface area (Å²) in [5.41, 5.74) is 8.63. The van der Waals surface area contributed by atoms with Gasteiger partial charge >= 0.3 is 0 Å². The van der Waals surface area contributed by atoms with Gasteiger partial charge in [-0.2, -0.15) is 0 Å². The fourth-order valence-electron chi connectivity index (χ4n) is 4.79. The Kier molecular flexibility index (Phi) is 4.86. The molecule has 3 aromatic rings. The van der Waals surface area contributed by atoms with Crippen molar-refractivity contribution in [1.29, 1.82) is 0 Å². The number of aromatic nitrogens is 1. The molecule has 2 aromatic carbocycles. The molecule has 0 spiro atoms. The molecule has 1 saturated heterocycles. The Hall–Kier alpha value is -2.27. The first-order chi connectivity index (χ1) is 14.1. The van der Waals surface area contributed by atoms with E-state index in [4.69, 9.17) is 9.72 Å². The first kappa shape index (κ1) is 18.7. The van der Waals surface area contributed by atoms with Crippen LogP contribution in [0, 0.1) is 6.92 Å². The largest absolute Gasteiger partial charge is 0.389 e. The molecule has 1 fully saturated rings. The van der Waals surface area contributed by atoms with E-state index in [2.05, 4.69) is 61.3 Å². The van der Waals surface area contributed by atoms with Crippen LogP contribution in [0.3, 0.4) is 0 Å². The summed E-state index contributed by atoms with van der Waals surface area (Å²) in [4.78, 5) is 7.34. The molecule has 0 bridgehead atoms. The molecular weight excluding hydrogens is 360 g/mol. The van der Waals surface area contributed by atoms with Crippen molar-refractivity contribution in [3.05, 3.63) is 64.7 Å². The molecule has 0 amide bonds. The number of likely N-dealkylation sites (N-methyl/N-ethyl adjacent to an activating group) is 1. The van der Waals surface area contributed by atoms with E-state index in [9.17, 15) is 5.11 Å². The van der Waals surface area contributed by atoms with Crippen molar-refractivity contribution >= 4 is 10.9 Å². The molecule has 0 unspecified atom stereocenters. The molecule has 4 heteroatoms. The van der Waals surface area contributed by atoms with Gasteiger partial charge in [-0.25, -0.2) is 4.98 Å². The number of rotatable bonds is 4. The van der Waals surface area contributed by atoms with E-state index in [0.717, 1.165) is 29.7 Å². The van der Waals surface area contributed by atoms with Crippen LogP contribution in [0.2, 0.25) is 0 Å². The summed E-state index contributed by atoms with van der Waals surface area (Å²) in [6.45, 7) is 3.84. The molecule has 1 N–H and O–H groups in total. The van der Waals surface area contributed by atoms with E-state index < -0.39 is 6.10 Å². The number of aliphatic hydroxyl groups excluding tert-OH is 1. The maximum Gasteiger partial charge on any atom is 0.0950 e. The van der Waals surface area contributed by atoms with Gasteiger partial charge in [0.1, 0.15) is 0 Å². The van der Waals surface area contributed by atoms with Crippen LogP contribution in [0.5, 0.6) is 0 Å². The highest BCUT2D eigenvalue weighted by Gasteiger charge is 2.30. The van der Waals surface area contributed by atoms with Crippen molar-refractivity contribution in [2.75, 3.05) is 20.3 Å². The molecule has 2 heterocycles. The SMILES string of the molecule is Cc1cccc(-c2nc3cc4c(cc3cc2CN(C)[C@@H]2COC[C@H]2O)CCC4)c1. The minimum absolute atomic E-state index is 0.0241. The highest BCUT2D eigenvalue weighted by molar-refractivity contribution is 5.85. The molecule has 150 valence electrons. The van der Waals surface area contributed by atoms with Crippen LogP contribution in [0.1, 0.15) is 28.7 Å². The van der Waals surface area contributed by atoms with Crippen LogP contribution in [-0.2, 0) is 24.1 Å². The van der Waals surface area contributed by atoms with Crippen molar-refractivity contribution in [1.82, 2.24) is 9.88 Å². The molecule has 5 rings (SSSR count). The van der Waals surface area contributed by atoms with Crippen LogP contribution < -0.4 is 0 Å². The van der Waals surface area contributed by atoms with Crippen LogP contribution in [0.25, 0.3) is 22.2 Å². The second-order valence-corrected chi connectivity index (χ2v) is 8.62. The van der Waals surface area contributed by atoms with Crippen LogP contribution in [0.4, 0.5) is 0 Å². The number of hydrogen-bond donors (Lipinski definition) is 1. The van der Waals surface area contributed by atoms with E-state index >= 15 is 0 Å². The monoisotopic (exact) mass is 388 g/mol. The predicted molar refractivity (Wildman–Crippen MR) is 116 cm³/mol. The molecule has 0 saturated carbocycles. The van der Waals surface area contributed by atoms with Crippen LogP contribution >= 0.6 is 0 Å². The normalized spacial score (nSPS) is 21.2. The molecule has 1 aliphatic carbocycles. The zero-order valence-corrected chi connectivity index (χ0v) is 17.2. The Bertz CT molecular complexity index is 1060. The minimum Gasteiger partial charge on any atom is -0.389 e. The predicted octanol–water partition coefficient (Wildman–Crippen LogP) is 3.89. The number of hydrogen-bond acceptors (Lipinski definition) is 4. The second kappa shape index (κ2) is 7.52. The summed E-state index contributed by atoms with van der Waals surface area (Å²) in [6, 6.07) is 15.5. The lowest BCUT2D eigenvalue weighted by Gasteiger charge is -2.26. The molecule has 0 radical (unpaired) electrons. The zero-order chi connectivity index (χ0) is 20.0. The number of pyridine rings is 1. The van der Waals surface area contributed by atoms with E-state index in [1.807, 2.05) is 0 Å². The molecule has 29 heavy (non-hydrogen) atoms. The third-order valence-corrected chi connectivity index (χ3v) is 6.41. The number of fused-ring (bicyclic) bond motifs is 2. The summed E-state index contributed by atoms with van der Waals surface area (Å²) < 4.78 is 5.47. The number of ether oxygens (including phenoxy) is 1. The minimum atomic E-state index is -0.431. The van der Waals surface area contributed by atoms with Gasteiger partial charge in [0, 0.05) is 17.5 Å². The van der Waals surface area contributed by atoms with Gasteiger partial charge in [-0.05, 0) is 74.2 Å². The number of benzene rings is 2. The molecule has 2 atom stereocenters. The average Bonchev–Trinajstić information content (AvgIpc) is 3.34. The first-order valence-electron chi connectivity index (χ1n) is 10.6. The van der Waals surface area contributed by atoms with Crippen LogP contribution in [-0.4, -0.2) is 47.4 Å². The van der Waals surface area contributed by atoms with Crippen molar-refractivity contribution in [3.8, 4) is 11.3 Å². The van der Waals surface area contributed by atoms with Gasteiger partial charge < -0.3 is 9.84 Å². The lowest BCUT2D eigenvalue weighted by atomic mass is 9.99. The second-order valence-electron chi connectivity index (χ2n) is 8.62. The van der Waals surface area contributed by atoms with Gasteiger partial charge in [0.05, 0.1) is 36.6 Å².